The molecule has 0 fully saturated rings. The Morgan fingerprint density at radius 3 is 2.96 bits per heavy atom. The molecule has 8 heteroatoms. The zero-order chi connectivity index (χ0) is 19.2. The predicted octanol–water partition coefficient (Wildman–Crippen LogP) is 2.21. The van der Waals surface area contributed by atoms with E-state index in [1.165, 1.54) is 22.9 Å². The molecule has 0 aliphatic heterocycles. The van der Waals surface area contributed by atoms with Gasteiger partial charge in [-0.05, 0) is 37.3 Å². The van der Waals surface area contributed by atoms with Crippen LogP contribution >= 0.6 is 11.8 Å². The molecule has 1 aromatic carbocycles. The number of carbonyl (C=O) groups excluding carboxylic acids is 2. The highest BCUT2D eigenvalue weighted by Crippen LogP contribution is 2.29. The molecule has 0 spiro atoms. The number of aromatic nitrogens is 3. The Morgan fingerprint density at radius 2 is 2.15 bits per heavy atom. The van der Waals surface area contributed by atoms with Gasteiger partial charge in [0.15, 0.2) is 5.16 Å². The van der Waals surface area contributed by atoms with E-state index in [1.807, 2.05) is 12.1 Å². The molecular formula is C19H24N4O3S. The molecule has 1 atom stereocenters. The number of hydrogen-bond acceptors (Lipinski definition) is 6. The first kappa shape index (κ1) is 19.4. The van der Waals surface area contributed by atoms with Gasteiger partial charge in [-0.1, -0.05) is 36.0 Å². The van der Waals surface area contributed by atoms with Crippen LogP contribution in [-0.2, 0) is 34.2 Å². The number of nitrogens with zero attached hydrogens (tertiary/aromatic N) is 3. The van der Waals surface area contributed by atoms with E-state index in [9.17, 15) is 9.59 Å². The van der Waals surface area contributed by atoms with Crippen molar-refractivity contribution >= 4 is 23.6 Å². The largest absolute Gasteiger partial charge is 0.466 e. The summed E-state index contributed by atoms with van der Waals surface area (Å²) < 4.78 is 6.66. The van der Waals surface area contributed by atoms with E-state index in [0.29, 0.717) is 17.6 Å². The lowest BCUT2D eigenvalue weighted by Crippen LogP contribution is -2.32. The van der Waals surface area contributed by atoms with Gasteiger partial charge in [-0.2, -0.15) is 0 Å². The summed E-state index contributed by atoms with van der Waals surface area (Å²) in [6, 6.07) is 8.36. The first-order valence-corrected chi connectivity index (χ1v) is 10.1. The summed E-state index contributed by atoms with van der Waals surface area (Å²) in [4.78, 5) is 24.0. The van der Waals surface area contributed by atoms with Gasteiger partial charge in [-0.25, -0.2) is 0 Å². The van der Waals surface area contributed by atoms with Gasteiger partial charge in [0.1, 0.15) is 12.2 Å². The standard InChI is InChI=1S/C19H24N4O3S/c1-3-26-18(25)11-16-21-22-19(23(16)2)27-12-17(24)20-15-10-6-8-13-7-4-5-9-14(13)15/h4-5,7,9,15H,3,6,8,10-12H2,1-2H3,(H,20,24)/t15-/m1/s1. The van der Waals surface area contributed by atoms with Gasteiger partial charge in [0.2, 0.25) is 5.91 Å². The van der Waals surface area contributed by atoms with E-state index in [-0.39, 0.29) is 30.1 Å². The number of fused-ring (bicyclic) bond motifs is 1. The third-order valence-corrected chi connectivity index (χ3v) is 5.59. The quantitative estimate of drug-likeness (QED) is 0.578. The summed E-state index contributed by atoms with van der Waals surface area (Å²) in [5.74, 6) is 0.414. The zero-order valence-corrected chi connectivity index (χ0v) is 16.4. The Balaban J connectivity index is 1.54. The highest BCUT2D eigenvalue weighted by atomic mass is 32.2. The van der Waals surface area contributed by atoms with Crippen LogP contribution in [0.5, 0.6) is 0 Å². The SMILES string of the molecule is CCOC(=O)Cc1nnc(SCC(=O)N[C@@H]2CCCc3ccccc32)n1C. The molecule has 0 saturated carbocycles. The number of esters is 1. The molecule has 0 radical (unpaired) electrons. The maximum absolute atomic E-state index is 12.4. The van der Waals surface area contributed by atoms with Crippen LogP contribution in [0.3, 0.4) is 0 Å². The lowest BCUT2D eigenvalue weighted by molar-refractivity contribution is -0.142. The zero-order valence-electron chi connectivity index (χ0n) is 15.6. The average Bonchev–Trinajstić information content (AvgIpc) is 3.00. The molecule has 1 aromatic heterocycles. The minimum absolute atomic E-state index is 0.0309. The molecule has 144 valence electrons. The molecule has 1 amide bonds. The van der Waals surface area contributed by atoms with Crippen molar-refractivity contribution in [3.05, 3.63) is 41.2 Å². The molecule has 27 heavy (non-hydrogen) atoms. The van der Waals surface area contributed by atoms with Crippen LogP contribution in [0, 0.1) is 0 Å². The van der Waals surface area contributed by atoms with Crippen LogP contribution in [0.25, 0.3) is 0 Å². The number of ether oxygens (including phenoxy) is 1. The lowest BCUT2D eigenvalue weighted by atomic mass is 9.88. The van der Waals surface area contributed by atoms with E-state index < -0.39 is 0 Å². The molecule has 3 rings (SSSR count). The molecule has 1 aliphatic carbocycles. The highest BCUT2D eigenvalue weighted by molar-refractivity contribution is 7.99. The van der Waals surface area contributed by atoms with Crippen LogP contribution in [0.1, 0.15) is 42.8 Å². The highest BCUT2D eigenvalue weighted by Gasteiger charge is 2.22. The van der Waals surface area contributed by atoms with Crippen molar-refractivity contribution in [1.29, 1.82) is 0 Å². The van der Waals surface area contributed by atoms with Gasteiger partial charge < -0.3 is 14.6 Å². The molecule has 1 heterocycles. The number of thioether (sulfide) groups is 1. The molecule has 1 N–H and O–H groups in total. The van der Waals surface area contributed by atoms with Gasteiger partial charge in [-0.3, -0.25) is 9.59 Å². The van der Waals surface area contributed by atoms with Crippen LogP contribution in [0.4, 0.5) is 0 Å². The molecule has 7 nitrogen and oxygen atoms in total. The lowest BCUT2D eigenvalue weighted by Gasteiger charge is -2.26. The second kappa shape index (κ2) is 9.03. The minimum atomic E-state index is -0.335. The average molecular weight is 388 g/mol. The number of hydrogen-bond donors (Lipinski definition) is 1. The van der Waals surface area contributed by atoms with Gasteiger partial charge in [-0.15, -0.1) is 10.2 Å². The summed E-state index contributed by atoms with van der Waals surface area (Å²) in [5.41, 5.74) is 2.54. The van der Waals surface area contributed by atoms with E-state index in [1.54, 1.807) is 18.5 Å². The second-order valence-corrected chi connectivity index (χ2v) is 7.38. The summed E-state index contributed by atoms with van der Waals surface area (Å²) in [5, 5.41) is 11.8. The van der Waals surface area contributed by atoms with Gasteiger partial charge in [0.05, 0.1) is 18.4 Å². The van der Waals surface area contributed by atoms with Crippen molar-refractivity contribution in [1.82, 2.24) is 20.1 Å². The van der Waals surface area contributed by atoms with Gasteiger partial charge in [0.25, 0.3) is 0 Å². The molecule has 0 bridgehead atoms. The van der Waals surface area contributed by atoms with E-state index >= 15 is 0 Å². The molecular weight excluding hydrogens is 364 g/mol. The number of rotatable bonds is 7. The van der Waals surface area contributed by atoms with E-state index in [4.69, 9.17) is 4.74 Å². The molecule has 0 unspecified atom stereocenters. The monoisotopic (exact) mass is 388 g/mol. The summed E-state index contributed by atoms with van der Waals surface area (Å²) in [7, 11) is 1.78. The fourth-order valence-corrected chi connectivity index (χ4v) is 3.98. The van der Waals surface area contributed by atoms with Crippen molar-refractivity contribution in [2.75, 3.05) is 12.4 Å². The van der Waals surface area contributed by atoms with Crippen LogP contribution in [-0.4, -0.2) is 39.0 Å². The minimum Gasteiger partial charge on any atom is -0.466 e. The van der Waals surface area contributed by atoms with Gasteiger partial charge >= 0.3 is 5.97 Å². The maximum atomic E-state index is 12.4. The Hall–Kier alpha value is -2.35. The van der Waals surface area contributed by atoms with E-state index in [0.717, 1.165) is 19.3 Å². The number of nitrogens with one attached hydrogen (secondary N) is 1. The first-order chi connectivity index (χ1) is 13.1. The van der Waals surface area contributed by atoms with Crippen LogP contribution < -0.4 is 5.32 Å². The van der Waals surface area contributed by atoms with Crippen molar-refractivity contribution in [3.8, 4) is 0 Å². The second-order valence-electron chi connectivity index (χ2n) is 6.44. The molecule has 2 aromatic rings. The summed E-state index contributed by atoms with van der Waals surface area (Å²) >= 11 is 1.31. The maximum Gasteiger partial charge on any atom is 0.313 e. The van der Waals surface area contributed by atoms with Crippen LogP contribution in [0.15, 0.2) is 29.4 Å². The van der Waals surface area contributed by atoms with Crippen molar-refractivity contribution in [2.24, 2.45) is 7.05 Å². The fraction of sp³-hybridized carbons (Fsp3) is 0.474. The van der Waals surface area contributed by atoms with Crippen molar-refractivity contribution < 1.29 is 14.3 Å². The van der Waals surface area contributed by atoms with Crippen LogP contribution in [0.2, 0.25) is 0 Å². The predicted molar refractivity (Wildman–Crippen MR) is 102 cm³/mol. The first-order valence-electron chi connectivity index (χ1n) is 9.12. The van der Waals surface area contributed by atoms with Crippen molar-refractivity contribution in [3.63, 3.8) is 0 Å². The topological polar surface area (TPSA) is 86.1 Å². The smallest absolute Gasteiger partial charge is 0.313 e. The number of amides is 1. The fourth-order valence-electron chi connectivity index (χ4n) is 3.24. The Morgan fingerprint density at radius 1 is 1.33 bits per heavy atom. The third-order valence-electron chi connectivity index (χ3n) is 4.57. The summed E-state index contributed by atoms with van der Waals surface area (Å²) in [6.07, 6.45) is 3.18. The number of aryl methyl sites for hydroxylation is 1. The summed E-state index contributed by atoms with van der Waals surface area (Å²) in [6.45, 7) is 2.10. The Bertz CT molecular complexity index is 821. The number of carbonyl (C=O) groups is 2. The normalized spacial score (nSPS) is 15.9. The molecule has 1 aliphatic rings. The number of benzene rings is 1. The van der Waals surface area contributed by atoms with Crippen molar-refractivity contribution in [2.45, 2.75) is 43.8 Å². The third kappa shape index (κ3) is 4.88. The van der Waals surface area contributed by atoms with Gasteiger partial charge in [0, 0.05) is 7.05 Å². The Kier molecular flexibility index (Phi) is 6.49. The Labute approximate surface area is 162 Å². The molecule has 0 saturated heterocycles. The van der Waals surface area contributed by atoms with E-state index in [2.05, 4.69) is 27.6 Å².